The molecule has 196 valence electrons. The molecule has 5 aromatic rings. The van der Waals surface area contributed by atoms with E-state index in [4.69, 9.17) is 0 Å². The first-order chi connectivity index (χ1) is 19.0. The molecule has 3 nitrogen and oxygen atoms in total. The average molecular weight is 513 g/mol. The van der Waals surface area contributed by atoms with Gasteiger partial charge in [-0.2, -0.15) is 0 Å². The second-order valence-electron chi connectivity index (χ2n) is 10.3. The van der Waals surface area contributed by atoms with E-state index < -0.39 is 0 Å². The van der Waals surface area contributed by atoms with Crippen molar-refractivity contribution in [2.45, 2.75) is 39.4 Å². The molecule has 2 atom stereocenters. The maximum absolute atomic E-state index is 11.0. The fourth-order valence-corrected chi connectivity index (χ4v) is 5.41. The fraction of sp³-hybridized carbons (Fsp3) is 0.167. The Balaban J connectivity index is 1.49. The average Bonchev–Trinajstić information content (AvgIpc) is 2.96. The SMILES string of the molecule is Cc1cc(C)c(N[C@H](c2ccccc2)[C@H](NCc2ccc(-c3ccccc3)cc2O)c2ccccc2)c(C)c1. The zero-order valence-electron chi connectivity index (χ0n) is 22.9. The highest BCUT2D eigenvalue weighted by Gasteiger charge is 2.26. The number of hydrogen-bond acceptors (Lipinski definition) is 3. The first-order valence-corrected chi connectivity index (χ1v) is 13.5. The molecule has 0 unspecified atom stereocenters. The Morgan fingerprint density at radius 1 is 0.590 bits per heavy atom. The van der Waals surface area contributed by atoms with Crippen LogP contribution in [0, 0.1) is 20.8 Å². The summed E-state index contributed by atoms with van der Waals surface area (Å²) in [6.45, 7) is 7.00. The summed E-state index contributed by atoms with van der Waals surface area (Å²) in [7, 11) is 0. The summed E-state index contributed by atoms with van der Waals surface area (Å²) in [6, 6.07) is 41.6. The maximum Gasteiger partial charge on any atom is 0.120 e. The van der Waals surface area contributed by atoms with E-state index in [0.717, 1.165) is 22.4 Å². The van der Waals surface area contributed by atoms with Crippen LogP contribution in [0.4, 0.5) is 5.69 Å². The predicted molar refractivity (Wildman–Crippen MR) is 163 cm³/mol. The molecular weight excluding hydrogens is 476 g/mol. The van der Waals surface area contributed by atoms with Gasteiger partial charge in [-0.3, -0.25) is 0 Å². The molecule has 5 aromatic carbocycles. The van der Waals surface area contributed by atoms with Gasteiger partial charge in [0.25, 0.3) is 0 Å². The van der Waals surface area contributed by atoms with E-state index in [1.807, 2.05) is 36.4 Å². The van der Waals surface area contributed by atoms with E-state index in [2.05, 4.69) is 116 Å². The van der Waals surface area contributed by atoms with Crippen LogP contribution < -0.4 is 10.6 Å². The number of aromatic hydroxyl groups is 1. The Labute approximate surface area is 232 Å². The van der Waals surface area contributed by atoms with Crippen molar-refractivity contribution in [2.24, 2.45) is 0 Å². The first-order valence-electron chi connectivity index (χ1n) is 13.5. The van der Waals surface area contributed by atoms with Crippen molar-refractivity contribution in [3.63, 3.8) is 0 Å². The lowest BCUT2D eigenvalue weighted by Crippen LogP contribution is -2.31. The number of anilines is 1. The van der Waals surface area contributed by atoms with E-state index >= 15 is 0 Å². The van der Waals surface area contributed by atoms with Gasteiger partial charge in [0.05, 0.1) is 12.1 Å². The molecule has 0 radical (unpaired) electrons. The van der Waals surface area contributed by atoms with Crippen LogP contribution >= 0.6 is 0 Å². The summed E-state index contributed by atoms with van der Waals surface area (Å²) in [5, 5.41) is 18.7. The number of benzene rings is 5. The van der Waals surface area contributed by atoms with Crippen LogP contribution in [0.1, 0.15) is 45.5 Å². The molecule has 0 heterocycles. The lowest BCUT2D eigenvalue weighted by atomic mass is 9.91. The number of phenols is 1. The monoisotopic (exact) mass is 512 g/mol. The Bertz CT molecular complexity index is 1490. The van der Waals surface area contributed by atoms with Gasteiger partial charge in [-0.15, -0.1) is 0 Å². The zero-order valence-corrected chi connectivity index (χ0v) is 22.9. The van der Waals surface area contributed by atoms with Gasteiger partial charge < -0.3 is 15.7 Å². The third-order valence-corrected chi connectivity index (χ3v) is 7.33. The molecule has 0 fully saturated rings. The highest BCUT2D eigenvalue weighted by Crippen LogP contribution is 2.36. The van der Waals surface area contributed by atoms with Gasteiger partial charge in [0.15, 0.2) is 0 Å². The van der Waals surface area contributed by atoms with Crippen molar-refractivity contribution in [1.82, 2.24) is 5.32 Å². The lowest BCUT2D eigenvalue weighted by molar-refractivity contribution is 0.443. The van der Waals surface area contributed by atoms with E-state index in [9.17, 15) is 5.11 Å². The Morgan fingerprint density at radius 3 is 1.69 bits per heavy atom. The summed E-state index contributed by atoms with van der Waals surface area (Å²) in [5.74, 6) is 0.296. The van der Waals surface area contributed by atoms with Crippen molar-refractivity contribution in [1.29, 1.82) is 0 Å². The second-order valence-corrected chi connectivity index (χ2v) is 10.3. The van der Waals surface area contributed by atoms with Crippen LogP contribution in [-0.2, 0) is 6.54 Å². The van der Waals surface area contributed by atoms with Gasteiger partial charge in [0.2, 0.25) is 0 Å². The van der Waals surface area contributed by atoms with Crippen molar-refractivity contribution < 1.29 is 5.11 Å². The molecular formula is C36H36N2O. The number of phenolic OH excluding ortho intramolecular Hbond substituents is 1. The number of hydrogen-bond donors (Lipinski definition) is 3. The van der Waals surface area contributed by atoms with Crippen molar-refractivity contribution in [3.8, 4) is 16.9 Å². The van der Waals surface area contributed by atoms with Gasteiger partial charge in [0.1, 0.15) is 5.75 Å². The van der Waals surface area contributed by atoms with E-state index in [1.54, 1.807) is 0 Å². The Morgan fingerprint density at radius 2 is 1.13 bits per heavy atom. The molecule has 5 rings (SSSR count). The summed E-state index contributed by atoms with van der Waals surface area (Å²) in [6.07, 6.45) is 0. The molecule has 0 saturated carbocycles. The van der Waals surface area contributed by atoms with Gasteiger partial charge in [-0.05, 0) is 60.2 Å². The Kier molecular flexibility index (Phi) is 8.10. The molecule has 39 heavy (non-hydrogen) atoms. The van der Waals surface area contributed by atoms with Crippen LogP contribution in [0.2, 0.25) is 0 Å². The Hall–Kier alpha value is -4.34. The van der Waals surface area contributed by atoms with E-state index in [1.165, 1.54) is 27.8 Å². The predicted octanol–water partition coefficient (Wildman–Crippen LogP) is 8.67. The molecule has 3 N–H and O–H groups in total. The topological polar surface area (TPSA) is 44.3 Å². The number of nitrogens with one attached hydrogen (secondary N) is 2. The van der Waals surface area contributed by atoms with Gasteiger partial charge in [-0.25, -0.2) is 0 Å². The number of aryl methyl sites for hydroxylation is 3. The van der Waals surface area contributed by atoms with Crippen molar-refractivity contribution in [2.75, 3.05) is 5.32 Å². The van der Waals surface area contributed by atoms with Gasteiger partial charge in [0, 0.05) is 17.8 Å². The highest BCUT2D eigenvalue weighted by molar-refractivity contribution is 5.66. The minimum absolute atomic E-state index is 0.0422. The molecule has 0 aromatic heterocycles. The minimum atomic E-state index is -0.0538. The third kappa shape index (κ3) is 6.22. The molecule has 0 aliphatic heterocycles. The molecule has 0 aliphatic rings. The fourth-order valence-electron chi connectivity index (χ4n) is 5.41. The molecule has 0 amide bonds. The molecule has 0 spiro atoms. The van der Waals surface area contributed by atoms with Crippen LogP contribution in [0.15, 0.2) is 121 Å². The molecule has 0 saturated heterocycles. The van der Waals surface area contributed by atoms with E-state index in [0.29, 0.717) is 12.3 Å². The van der Waals surface area contributed by atoms with Gasteiger partial charge in [-0.1, -0.05) is 121 Å². The van der Waals surface area contributed by atoms with Crippen LogP contribution in [0.5, 0.6) is 5.75 Å². The smallest absolute Gasteiger partial charge is 0.120 e. The standard InChI is InChI=1S/C36H36N2O/c1-25-21-26(2)34(27(3)22-25)38-36(30-17-11-6-12-18-30)35(29-15-9-5-10-16-29)37-24-32-20-19-31(23-33(32)39)28-13-7-4-8-14-28/h4-23,35-39H,24H2,1-3H3/t35-,36-/m1/s1. The van der Waals surface area contributed by atoms with Crippen molar-refractivity contribution >= 4 is 5.69 Å². The van der Waals surface area contributed by atoms with E-state index in [-0.39, 0.29) is 12.1 Å². The zero-order chi connectivity index (χ0) is 27.2. The summed E-state index contributed by atoms with van der Waals surface area (Å²) >= 11 is 0. The van der Waals surface area contributed by atoms with Crippen molar-refractivity contribution in [3.05, 3.63) is 155 Å². The normalized spacial score (nSPS) is 12.6. The molecule has 3 heteroatoms. The summed E-state index contributed by atoms with van der Waals surface area (Å²) in [4.78, 5) is 0. The minimum Gasteiger partial charge on any atom is -0.508 e. The molecule has 0 bridgehead atoms. The summed E-state index contributed by atoms with van der Waals surface area (Å²) < 4.78 is 0. The van der Waals surface area contributed by atoms with Crippen LogP contribution in [0.3, 0.4) is 0 Å². The quantitative estimate of drug-likeness (QED) is 0.185. The lowest BCUT2D eigenvalue weighted by Gasteiger charge is -2.32. The molecule has 0 aliphatic carbocycles. The second kappa shape index (κ2) is 12.0. The third-order valence-electron chi connectivity index (χ3n) is 7.33. The van der Waals surface area contributed by atoms with Gasteiger partial charge >= 0.3 is 0 Å². The highest BCUT2D eigenvalue weighted by atomic mass is 16.3. The first kappa shape index (κ1) is 26.3. The number of rotatable bonds is 9. The summed E-state index contributed by atoms with van der Waals surface area (Å²) in [5.41, 5.74) is 10.2. The largest absolute Gasteiger partial charge is 0.508 e. The maximum atomic E-state index is 11.0. The van der Waals surface area contributed by atoms with Crippen LogP contribution in [0.25, 0.3) is 11.1 Å². The van der Waals surface area contributed by atoms with Crippen LogP contribution in [-0.4, -0.2) is 5.11 Å².